The lowest BCUT2D eigenvalue weighted by molar-refractivity contribution is 1.08. The molecule has 3 nitrogen and oxygen atoms in total. The van der Waals surface area contributed by atoms with Crippen LogP contribution in [0.3, 0.4) is 0 Å². The first-order chi connectivity index (χ1) is 8.42. The fourth-order valence-corrected chi connectivity index (χ4v) is 2.25. The van der Waals surface area contributed by atoms with Crippen molar-refractivity contribution in [3.63, 3.8) is 0 Å². The lowest BCUT2D eigenvalue weighted by atomic mass is 10.3. The molecule has 0 radical (unpaired) electrons. The highest BCUT2D eigenvalue weighted by Gasteiger charge is 2.02. The first-order valence-electron chi connectivity index (χ1n) is 5.34. The van der Waals surface area contributed by atoms with Crippen LogP contribution in [-0.2, 0) is 0 Å². The predicted molar refractivity (Wildman–Crippen MR) is 72.0 cm³/mol. The van der Waals surface area contributed by atoms with Gasteiger partial charge < -0.3 is 9.71 Å². The van der Waals surface area contributed by atoms with E-state index in [0.29, 0.717) is 0 Å². The van der Waals surface area contributed by atoms with Crippen molar-refractivity contribution in [2.45, 2.75) is 5.16 Å². The lowest BCUT2D eigenvalue weighted by Gasteiger charge is -2.01. The summed E-state index contributed by atoms with van der Waals surface area (Å²) in [6.07, 6.45) is 0. The Hall–Kier alpha value is -1.94. The highest BCUT2D eigenvalue weighted by Crippen LogP contribution is 2.21. The van der Waals surface area contributed by atoms with Crippen molar-refractivity contribution < 1.29 is 0 Å². The molecular weight excluding hydrogens is 230 g/mol. The number of hydrogen-bond donors (Lipinski definition) is 2. The number of para-hydroxylation sites is 3. The van der Waals surface area contributed by atoms with Crippen LogP contribution in [0, 0.1) is 0 Å². The van der Waals surface area contributed by atoms with E-state index in [1.807, 2.05) is 54.6 Å². The summed E-state index contributed by atoms with van der Waals surface area (Å²) in [4.78, 5) is 7.73. The van der Waals surface area contributed by atoms with Crippen LogP contribution in [0.5, 0.6) is 0 Å². The Morgan fingerprint density at radius 1 is 0.941 bits per heavy atom. The van der Waals surface area contributed by atoms with Crippen LogP contribution < -0.4 is 4.72 Å². The summed E-state index contributed by atoms with van der Waals surface area (Å²) >= 11 is 1.48. The first kappa shape index (κ1) is 10.2. The molecule has 3 rings (SSSR count). The summed E-state index contributed by atoms with van der Waals surface area (Å²) in [5.41, 5.74) is 3.12. The van der Waals surface area contributed by atoms with Crippen molar-refractivity contribution in [3.05, 3.63) is 54.6 Å². The second-order valence-corrected chi connectivity index (χ2v) is 4.42. The molecule has 17 heavy (non-hydrogen) atoms. The van der Waals surface area contributed by atoms with E-state index < -0.39 is 0 Å². The number of H-pyrrole nitrogens is 1. The van der Waals surface area contributed by atoms with Gasteiger partial charge in [0, 0.05) is 17.6 Å². The van der Waals surface area contributed by atoms with Crippen molar-refractivity contribution in [3.8, 4) is 0 Å². The minimum atomic E-state index is 0.870. The third kappa shape index (κ3) is 2.26. The van der Waals surface area contributed by atoms with E-state index in [0.717, 1.165) is 21.9 Å². The Balaban J connectivity index is 1.77. The molecule has 4 heteroatoms. The number of hydrogen-bond acceptors (Lipinski definition) is 3. The average molecular weight is 241 g/mol. The standard InChI is InChI=1S/C13H11N3S/c1-2-6-10(7-3-1)16-17-13-14-11-8-4-5-9-12(11)15-13/h1-9,16H,(H,14,15). The number of aromatic nitrogens is 2. The maximum Gasteiger partial charge on any atom is 0.187 e. The van der Waals surface area contributed by atoms with Crippen molar-refractivity contribution >= 4 is 28.7 Å². The Kier molecular flexibility index (Phi) is 2.71. The molecule has 0 aliphatic heterocycles. The fraction of sp³-hybridized carbons (Fsp3) is 0. The van der Waals surface area contributed by atoms with Crippen molar-refractivity contribution in [1.82, 2.24) is 9.97 Å². The van der Waals surface area contributed by atoms with Crippen LogP contribution in [0.25, 0.3) is 11.0 Å². The molecule has 0 amide bonds. The van der Waals surface area contributed by atoms with E-state index >= 15 is 0 Å². The highest BCUT2D eigenvalue weighted by atomic mass is 32.2. The van der Waals surface area contributed by atoms with Gasteiger partial charge in [-0.05, 0) is 24.3 Å². The minimum Gasteiger partial charge on any atom is -0.331 e. The lowest BCUT2D eigenvalue weighted by Crippen LogP contribution is -1.86. The van der Waals surface area contributed by atoms with Gasteiger partial charge in [0.25, 0.3) is 0 Å². The van der Waals surface area contributed by atoms with Crippen molar-refractivity contribution in [2.24, 2.45) is 0 Å². The molecular formula is C13H11N3S. The molecule has 0 saturated carbocycles. The topological polar surface area (TPSA) is 40.7 Å². The molecule has 0 saturated heterocycles. The summed E-state index contributed by atoms with van der Waals surface area (Å²) in [6.45, 7) is 0. The summed E-state index contributed by atoms with van der Waals surface area (Å²) in [6, 6.07) is 18.1. The van der Waals surface area contributed by atoms with E-state index in [2.05, 4.69) is 14.7 Å². The summed E-state index contributed by atoms with van der Waals surface area (Å²) in [5.74, 6) is 0. The maximum atomic E-state index is 4.47. The highest BCUT2D eigenvalue weighted by molar-refractivity contribution is 8.00. The Bertz CT molecular complexity index is 586. The number of nitrogens with zero attached hydrogens (tertiary/aromatic N) is 1. The van der Waals surface area contributed by atoms with Crippen molar-refractivity contribution in [1.29, 1.82) is 0 Å². The van der Waals surface area contributed by atoms with E-state index in [-0.39, 0.29) is 0 Å². The third-order valence-corrected chi connectivity index (χ3v) is 3.13. The third-order valence-electron chi connectivity index (χ3n) is 2.41. The molecule has 1 heterocycles. The molecule has 0 unspecified atom stereocenters. The van der Waals surface area contributed by atoms with Gasteiger partial charge in [-0.25, -0.2) is 4.98 Å². The number of anilines is 1. The van der Waals surface area contributed by atoms with Gasteiger partial charge in [-0.3, -0.25) is 0 Å². The minimum absolute atomic E-state index is 0.870. The number of rotatable bonds is 3. The van der Waals surface area contributed by atoms with Crippen LogP contribution in [-0.4, -0.2) is 9.97 Å². The summed E-state index contributed by atoms with van der Waals surface area (Å²) < 4.78 is 3.24. The molecule has 2 aromatic carbocycles. The van der Waals surface area contributed by atoms with Gasteiger partial charge in [0.2, 0.25) is 0 Å². The first-order valence-corrected chi connectivity index (χ1v) is 6.16. The van der Waals surface area contributed by atoms with Gasteiger partial charge in [0.15, 0.2) is 5.16 Å². The van der Waals surface area contributed by atoms with Crippen LogP contribution >= 0.6 is 11.9 Å². The summed E-state index contributed by atoms with van der Waals surface area (Å²) in [5, 5.41) is 0.870. The van der Waals surface area contributed by atoms with Gasteiger partial charge in [-0.2, -0.15) is 0 Å². The number of fused-ring (bicyclic) bond motifs is 1. The van der Waals surface area contributed by atoms with E-state index in [1.165, 1.54) is 11.9 Å². The zero-order valence-electron chi connectivity index (χ0n) is 9.05. The maximum absolute atomic E-state index is 4.47. The Morgan fingerprint density at radius 2 is 1.71 bits per heavy atom. The molecule has 3 aromatic rings. The SMILES string of the molecule is c1ccc(NSc2nc3ccccc3[nH]2)cc1. The van der Waals surface area contributed by atoms with Crippen LogP contribution in [0.15, 0.2) is 59.8 Å². The quantitative estimate of drug-likeness (QED) is 0.687. The molecule has 1 aromatic heterocycles. The largest absolute Gasteiger partial charge is 0.331 e. The van der Waals surface area contributed by atoms with Crippen LogP contribution in [0.4, 0.5) is 5.69 Å². The number of imidazole rings is 1. The van der Waals surface area contributed by atoms with Crippen molar-refractivity contribution in [2.75, 3.05) is 4.72 Å². The number of nitrogens with one attached hydrogen (secondary N) is 2. The second-order valence-electron chi connectivity index (χ2n) is 3.63. The molecule has 0 bridgehead atoms. The number of benzene rings is 2. The molecule has 0 spiro atoms. The second kappa shape index (κ2) is 4.51. The predicted octanol–water partition coefficient (Wildman–Crippen LogP) is 3.68. The van der Waals surface area contributed by atoms with Gasteiger partial charge in [0.1, 0.15) is 0 Å². The average Bonchev–Trinajstić information content (AvgIpc) is 2.80. The molecule has 0 aliphatic carbocycles. The molecule has 0 fully saturated rings. The Morgan fingerprint density at radius 3 is 2.53 bits per heavy atom. The summed E-state index contributed by atoms with van der Waals surface area (Å²) in [7, 11) is 0. The van der Waals surface area contributed by atoms with Gasteiger partial charge >= 0.3 is 0 Å². The molecule has 2 N–H and O–H groups in total. The smallest absolute Gasteiger partial charge is 0.187 e. The van der Waals surface area contributed by atoms with Crippen LogP contribution in [0.2, 0.25) is 0 Å². The van der Waals surface area contributed by atoms with E-state index in [1.54, 1.807) is 0 Å². The number of aromatic amines is 1. The molecule has 84 valence electrons. The van der Waals surface area contributed by atoms with E-state index in [4.69, 9.17) is 0 Å². The van der Waals surface area contributed by atoms with E-state index in [9.17, 15) is 0 Å². The zero-order valence-corrected chi connectivity index (χ0v) is 9.87. The van der Waals surface area contributed by atoms with Gasteiger partial charge in [-0.15, -0.1) is 0 Å². The zero-order chi connectivity index (χ0) is 11.5. The fourth-order valence-electron chi connectivity index (χ4n) is 1.59. The molecule has 0 aliphatic rings. The normalized spacial score (nSPS) is 10.6. The van der Waals surface area contributed by atoms with Gasteiger partial charge in [0.05, 0.1) is 11.0 Å². The van der Waals surface area contributed by atoms with Crippen LogP contribution in [0.1, 0.15) is 0 Å². The monoisotopic (exact) mass is 241 g/mol. The molecule has 0 atom stereocenters. The Labute approximate surface area is 103 Å². The van der Waals surface area contributed by atoms with Gasteiger partial charge in [-0.1, -0.05) is 30.3 Å².